The molecule has 0 fully saturated rings. The number of carbonyl (C=O) groups is 1. The van der Waals surface area contributed by atoms with E-state index in [1.165, 1.54) is 19.1 Å². The lowest BCUT2D eigenvalue weighted by Crippen LogP contribution is -2.37. The van der Waals surface area contributed by atoms with E-state index in [0.717, 1.165) is 5.56 Å². The second kappa shape index (κ2) is 10.4. The quantitative estimate of drug-likeness (QED) is 0.481. The van der Waals surface area contributed by atoms with Crippen molar-refractivity contribution in [1.29, 1.82) is 0 Å². The Morgan fingerprint density at radius 2 is 1.86 bits per heavy atom. The first kappa shape index (κ1) is 22.1. The number of hydrogen-bond acceptors (Lipinski definition) is 3. The van der Waals surface area contributed by atoms with Crippen LogP contribution in [-0.4, -0.2) is 24.8 Å². The van der Waals surface area contributed by atoms with E-state index in [0.29, 0.717) is 30.3 Å². The van der Waals surface area contributed by atoms with Crippen molar-refractivity contribution in [2.45, 2.75) is 33.3 Å². The first-order chi connectivity index (χ1) is 13.8. The maximum absolute atomic E-state index is 12.6. The minimum atomic E-state index is -4.76. The van der Waals surface area contributed by atoms with E-state index in [2.05, 4.69) is 25.7 Å². The molecule has 0 unspecified atom stereocenters. The third-order valence-corrected chi connectivity index (χ3v) is 3.66. The van der Waals surface area contributed by atoms with Gasteiger partial charge in [0, 0.05) is 31.3 Å². The molecule has 0 saturated carbocycles. The molecule has 0 heterocycles. The number of anilines is 1. The van der Waals surface area contributed by atoms with E-state index in [1.54, 1.807) is 30.3 Å². The molecule has 0 saturated heterocycles. The predicted molar refractivity (Wildman–Crippen MR) is 106 cm³/mol. The minimum Gasteiger partial charge on any atom is -0.405 e. The summed E-state index contributed by atoms with van der Waals surface area (Å²) in [6.45, 7) is 4.32. The lowest BCUT2D eigenvalue weighted by molar-refractivity contribution is -0.274. The molecule has 29 heavy (non-hydrogen) atoms. The summed E-state index contributed by atoms with van der Waals surface area (Å²) in [4.78, 5) is 15.6. The smallest absolute Gasteiger partial charge is 0.405 e. The number of ether oxygens (including phenoxy) is 1. The van der Waals surface area contributed by atoms with Crippen LogP contribution in [0.25, 0.3) is 0 Å². The Kier molecular flexibility index (Phi) is 7.88. The minimum absolute atomic E-state index is 0.101. The van der Waals surface area contributed by atoms with Gasteiger partial charge in [0.25, 0.3) is 0 Å². The standard InChI is InChI=1S/C20H23F3N4O2/c1-3-24-19(25-12-15-7-6-9-17(11-15)27-14(2)28)26-13-16-8-4-5-10-18(16)29-20(21,22)23/h4-11H,3,12-13H2,1-2H3,(H,27,28)(H2,24,25,26). The number of guanidine groups is 1. The maximum atomic E-state index is 12.6. The Morgan fingerprint density at radius 1 is 1.10 bits per heavy atom. The normalized spacial score (nSPS) is 11.7. The number of para-hydroxylation sites is 1. The van der Waals surface area contributed by atoms with Crippen LogP contribution < -0.4 is 20.7 Å². The Hall–Kier alpha value is -3.23. The predicted octanol–water partition coefficient (Wildman–Crippen LogP) is 3.80. The molecule has 2 rings (SSSR count). The number of halogens is 3. The van der Waals surface area contributed by atoms with Gasteiger partial charge in [-0.05, 0) is 30.7 Å². The van der Waals surface area contributed by atoms with Crippen LogP contribution in [0.3, 0.4) is 0 Å². The van der Waals surface area contributed by atoms with E-state index in [4.69, 9.17) is 0 Å². The Bertz CT molecular complexity index is 854. The van der Waals surface area contributed by atoms with Gasteiger partial charge in [-0.1, -0.05) is 30.3 Å². The van der Waals surface area contributed by atoms with Gasteiger partial charge in [0.1, 0.15) is 5.75 Å². The van der Waals surface area contributed by atoms with Gasteiger partial charge < -0.3 is 20.7 Å². The van der Waals surface area contributed by atoms with Crippen LogP contribution >= 0.6 is 0 Å². The fourth-order valence-corrected chi connectivity index (χ4v) is 2.52. The Labute approximate surface area is 167 Å². The van der Waals surface area contributed by atoms with Crippen molar-refractivity contribution in [2.24, 2.45) is 4.99 Å². The molecule has 0 bridgehead atoms. The molecule has 0 radical (unpaired) electrons. The van der Waals surface area contributed by atoms with Gasteiger partial charge in [0.2, 0.25) is 5.91 Å². The second-order valence-electron chi connectivity index (χ2n) is 6.09. The number of carbonyl (C=O) groups excluding carboxylic acids is 1. The van der Waals surface area contributed by atoms with Crippen LogP contribution in [0.15, 0.2) is 53.5 Å². The zero-order valence-electron chi connectivity index (χ0n) is 16.1. The molecule has 2 aromatic carbocycles. The second-order valence-corrected chi connectivity index (χ2v) is 6.09. The lowest BCUT2D eigenvalue weighted by atomic mass is 10.2. The average molecular weight is 408 g/mol. The summed E-state index contributed by atoms with van der Waals surface area (Å²) in [7, 11) is 0. The van der Waals surface area contributed by atoms with Crippen molar-refractivity contribution in [1.82, 2.24) is 10.6 Å². The van der Waals surface area contributed by atoms with Crippen LogP contribution in [0.2, 0.25) is 0 Å². The average Bonchev–Trinajstić information content (AvgIpc) is 2.63. The van der Waals surface area contributed by atoms with Crippen molar-refractivity contribution in [3.63, 3.8) is 0 Å². The summed E-state index contributed by atoms with van der Waals surface area (Å²) in [5.74, 6) is 0.0194. The van der Waals surface area contributed by atoms with E-state index in [9.17, 15) is 18.0 Å². The summed E-state index contributed by atoms with van der Waals surface area (Å²) in [6, 6.07) is 13.2. The summed E-state index contributed by atoms with van der Waals surface area (Å²) in [5, 5.41) is 8.75. The van der Waals surface area contributed by atoms with Gasteiger partial charge in [0.05, 0.1) is 6.54 Å². The van der Waals surface area contributed by atoms with Gasteiger partial charge in [0.15, 0.2) is 5.96 Å². The van der Waals surface area contributed by atoms with Crippen LogP contribution in [0.4, 0.5) is 18.9 Å². The topological polar surface area (TPSA) is 74.8 Å². The van der Waals surface area contributed by atoms with Crippen molar-refractivity contribution in [2.75, 3.05) is 11.9 Å². The molecule has 3 N–H and O–H groups in total. The highest BCUT2D eigenvalue weighted by Crippen LogP contribution is 2.26. The molecule has 2 aromatic rings. The molecular formula is C20H23F3N4O2. The zero-order chi connectivity index (χ0) is 21.3. The molecule has 6 nitrogen and oxygen atoms in total. The molecule has 0 aliphatic carbocycles. The van der Waals surface area contributed by atoms with Gasteiger partial charge in [-0.15, -0.1) is 13.2 Å². The van der Waals surface area contributed by atoms with Crippen LogP contribution in [-0.2, 0) is 17.9 Å². The lowest BCUT2D eigenvalue weighted by Gasteiger charge is -2.15. The van der Waals surface area contributed by atoms with Gasteiger partial charge >= 0.3 is 6.36 Å². The molecule has 0 atom stereocenters. The highest BCUT2D eigenvalue weighted by Gasteiger charge is 2.31. The molecule has 0 aliphatic rings. The molecule has 0 aliphatic heterocycles. The van der Waals surface area contributed by atoms with E-state index >= 15 is 0 Å². The zero-order valence-corrected chi connectivity index (χ0v) is 16.1. The van der Waals surface area contributed by atoms with Crippen LogP contribution in [0.1, 0.15) is 25.0 Å². The maximum Gasteiger partial charge on any atom is 0.573 e. The van der Waals surface area contributed by atoms with Gasteiger partial charge in [-0.2, -0.15) is 0 Å². The molecular weight excluding hydrogens is 385 g/mol. The SMILES string of the molecule is CCNC(=NCc1cccc(NC(C)=O)c1)NCc1ccccc1OC(F)(F)F. The number of nitrogens with zero attached hydrogens (tertiary/aromatic N) is 1. The van der Waals surface area contributed by atoms with Gasteiger partial charge in [-0.3, -0.25) is 4.79 Å². The number of benzene rings is 2. The Balaban J connectivity index is 2.06. The van der Waals surface area contributed by atoms with Crippen LogP contribution in [0, 0.1) is 0 Å². The highest BCUT2D eigenvalue weighted by molar-refractivity contribution is 5.88. The number of nitrogens with one attached hydrogen (secondary N) is 3. The molecule has 0 aromatic heterocycles. The first-order valence-corrected chi connectivity index (χ1v) is 8.99. The summed E-state index contributed by atoms with van der Waals surface area (Å²) >= 11 is 0. The number of hydrogen-bond donors (Lipinski definition) is 3. The van der Waals surface area contributed by atoms with E-state index < -0.39 is 6.36 Å². The number of alkyl halides is 3. The van der Waals surface area contributed by atoms with Crippen molar-refractivity contribution in [3.8, 4) is 5.75 Å². The summed E-state index contributed by atoms with van der Waals surface area (Å²) in [5.41, 5.74) is 1.89. The van der Waals surface area contributed by atoms with Crippen molar-refractivity contribution >= 4 is 17.6 Å². The Morgan fingerprint density at radius 3 is 2.55 bits per heavy atom. The van der Waals surface area contributed by atoms with Crippen molar-refractivity contribution in [3.05, 3.63) is 59.7 Å². The van der Waals surface area contributed by atoms with Crippen LogP contribution in [0.5, 0.6) is 5.75 Å². The van der Waals surface area contributed by atoms with E-state index in [-0.39, 0.29) is 18.2 Å². The summed E-state index contributed by atoms with van der Waals surface area (Å²) < 4.78 is 41.7. The molecule has 0 spiro atoms. The number of aliphatic imine (C=N–C) groups is 1. The third-order valence-electron chi connectivity index (χ3n) is 3.66. The fraction of sp³-hybridized carbons (Fsp3) is 0.300. The fourth-order valence-electron chi connectivity index (χ4n) is 2.52. The highest BCUT2D eigenvalue weighted by atomic mass is 19.4. The number of amides is 1. The third kappa shape index (κ3) is 8.12. The largest absolute Gasteiger partial charge is 0.573 e. The molecule has 1 amide bonds. The molecule has 156 valence electrons. The van der Waals surface area contributed by atoms with Gasteiger partial charge in [-0.25, -0.2) is 4.99 Å². The summed E-state index contributed by atoms with van der Waals surface area (Å²) in [6.07, 6.45) is -4.76. The number of rotatable bonds is 7. The monoisotopic (exact) mass is 408 g/mol. The molecule has 9 heteroatoms. The first-order valence-electron chi connectivity index (χ1n) is 8.99. The van der Waals surface area contributed by atoms with E-state index in [1.807, 2.05) is 13.0 Å². The van der Waals surface area contributed by atoms with Crippen molar-refractivity contribution < 1.29 is 22.7 Å².